The number of carbonyl (C=O) groups excluding carboxylic acids is 1. The van der Waals surface area contributed by atoms with Crippen molar-refractivity contribution in [2.24, 2.45) is 5.92 Å². The summed E-state index contributed by atoms with van der Waals surface area (Å²) in [7, 11) is 0. The van der Waals surface area contributed by atoms with Crippen LogP contribution in [0.15, 0.2) is 41.2 Å². The number of nitrogen functional groups attached to an aromatic ring is 1. The highest BCUT2D eigenvalue weighted by atomic mass is 16.5. The maximum absolute atomic E-state index is 11.6. The van der Waals surface area contributed by atoms with Crippen LogP contribution in [0.1, 0.15) is 39.1 Å². The third kappa shape index (κ3) is 4.02. The van der Waals surface area contributed by atoms with Gasteiger partial charge in [-0.05, 0) is 24.0 Å². The molecular weight excluding hydrogens is 406 g/mol. The predicted molar refractivity (Wildman–Crippen MR) is 122 cm³/mol. The third-order valence-corrected chi connectivity index (χ3v) is 6.52. The molecule has 1 aromatic carbocycles. The van der Waals surface area contributed by atoms with E-state index in [0.717, 1.165) is 16.7 Å². The Labute approximate surface area is 187 Å². The van der Waals surface area contributed by atoms with E-state index in [9.17, 15) is 4.79 Å². The van der Waals surface area contributed by atoms with Crippen LogP contribution in [0.5, 0.6) is 0 Å². The van der Waals surface area contributed by atoms with E-state index in [4.69, 9.17) is 15.2 Å². The first-order valence-corrected chi connectivity index (χ1v) is 10.8. The van der Waals surface area contributed by atoms with Crippen LogP contribution >= 0.6 is 0 Å². The molecule has 1 atom stereocenters. The summed E-state index contributed by atoms with van der Waals surface area (Å²) < 4.78 is 5.65. The van der Waals surface area contributed by atoms with Gasteiger partial charge in [-0.2, -0.15) is 4.98 Å². The summed E-state index contributed by atoms with van der Waals surface area (Å²) >= 11 is 0. The maximum Gasteiger partial charge on any atom is 0.324 e. The third-order valence-electron chi connectivity index (χ3n) is 6.52. The van der Waals surface area contributed by atoms with Gasteiger partial charge in [0.05, 0.1) is 5.41 Å². The molecule has 0 spiro atoms. The molecule has 1 amide bonds. The van der Waals surface area contributed by atoms with E-state index in [2.05, 4.69) is 48.0 Å². The summed E-state index contributed by atoms with van der Waals surface area (Å²) in [5, 5.41) is 4.36. The summed E-state index contributed by atoms with van der Waals surface area (Å²) in [6.45, 7) is 10.7. The highest BCUT2D eigenvalue weighted by molar-refractivity contribution is 5.73. The molecule has 9 nitrogen and oxygen atoms in total. The van der Waals surface area contributed by atoms with Gasteiger partial charge in [0.15, 0.2) is 5.82 Å². The Balaban J connectivity index is 1.58. The van der Waals surface area contributed by atoms with Crippen molar-refractivity contribution >= 4 is 17.9 Å². The second-order valence-electron chi connectivity index (χ2n) is 8.66. The fourth-order valence-electron chi connectivity index (χ4n) is 3.98. The van der Waals surface area contributed by atoms with E-state index in [1.165, 1.54) is 0 Å². The van der Waals surface area contributed by atoms with E-state index in [-0.39, 0.29) is 17.8 Å². The molecule has 3 heterocycles. The molecule has 1 aliphatic heterocycles. The molecule has 2 N–H and O–H groups in total. The average Bonchev–Trinajstić information content (AvgIpc) is 3.30. The Morgan fingerprint density at radius 3 is 2.25 bits per heavy atom. The highest BCUT2D eigenvalue weighted by Crippen LogP contribution is 2.38. The molecule has 1 fully saturated rings. The second-order valence-corrected chi connectivity index (χ2v) is 8.66. The van der Waals surface area contributed by atoms with Crippen molar-refractivity contribution in [1.29, 1.82) is 0 Å². The van der Waals surface area contributed by atoms with Gasteiger partial charge in [0.2, 0.25) is 11.9 Å². The number of piperazine rings is 1. The van der Waals surface area contributed by atoms with Gasteiger partial charge < -0.3 is 20.1 Å². The van der Waals surface area contributed by atoms with Crippen molar-refractivity contribution in [2.75, 3.05) is 36.8 Å². The average molecular weight is 436 g/mol. The normalized spacial score (nSPS) is 16.3. The molecule has 0 bridgehead atoms. The van der Waals surface area contributed by atoms with Crippen LogP contribution in [-0.2, 0) is 10.2 Å². The molecule has 168 valence electrons. The number of aromatic nitrogens is 4. The zero-order valence-corrected chi connectivity index (χ0v) is 18.9. The number of carbonyl (C=O) groups is 1. The van der Waals surface area contributed by atoms with E-state index in [1.807, 2.05) is 21.9 Å². The molecule has 4 rings (SSSR count). The Morgan fingerprint density at radius 1 is 1.06 bits per heavy atom. The Hall–Kier alpha value is -3.49. The SMILES string of the molecule is CC(=O)N1CCN(c2nc(C(C)(c3ccc(-c4cnc(N)nc4)cc3)C(C)C)no2)CC1. The molecule has 9 heteroatoms. The van der Waals surface area contributed by atoms with E-state index >= 15 is 0 Å². The molecule has 1 aliphatic rings. The van der Waals surface area contributed by atoms with Gasteiger partial charge in [-0.25, -0.2) is 9.97 Å². The molecule has 1 unspecified atom stereocenters. The highest BCUT2D eigenvalue weighted by Gasteiger charge is 2.38. The molecule has 0 aliphatic carbocycles. The van der Waals surface area contributed by atoms with Gasteiger partial charge in [0.25, 0.3) is 0 Å². The fourth-order valence-corrected chi connectivity index (χ4v) is 3.98. The fraction of sp³-hybridized carbons (Fsp3) is 0.435. The summed E-state index contributed by atoms with van der Waals surface area (Å²) in [5.74, 6) is 1.24. The van der Waals surface area contributed by atoms with Gasteiger partial charge >= 0.3 is 6.01 Å². The van der Waals surface area contributed by atoms with Crippen molar-refractivity contribution in [3.8, 4) is 11.1 Å². The first-order chi connectivity index (χ1) is 15.3. The molecule has 32 heavy (non-hydrogen) atoms. The topological polar surface area (TPSA) is 114 Å². The van der Waals surface area contributed by atoms with Crippen molar-refractivity contribution < 1.29 is 9.32 Å². The Morgan fingerprint density at radius 2 is 1.69 bits per heavy atom. The lowest BCUT2D eigenvalue weighted by atomic mass is 9.72. The van der Waals surface area contributed by atoms with Gasteiger partial charge in [0, 0.05) is 51.1 Å². The molecule has 0 radical (unpaired) electrons. The number of nitrogens with zero attached hydrogens (tertiary/aromatic N) is 6. The smallest absolute Gasteiger partial charge is 0.324 e. The number of amides is 1. The number of rotatable bonds is 5. The summed E-state index contributed by atoms with van der Waals surface area (Å²) in [4.78, 5) is 28.4. The summed E-state index contributed by atoms with van der Waals surface area (Å²) in [6, 6.07) is 8.78. The monoisotopic (exact) mass is 435 g/mol. The largest absolute Gasteiger partial charge is 0.368 e. The lowest BCUT2D eigenvalue weighted by Gasteiger charge is -2.33. The number of nitrogens with two attached hydrogens (primary N) is 1. The second kappa shape index (κ2) is 8.57. The van der Waals surface area contributed by atoms with Crippen LogP contribution in [0.4, 0.5) is 12.0 Å². The maximum atomic E-state index is 11.6. The van der Waals surface area contributed by atoms with Crippen LogP contribution in [0.2, 0.25) is 0 Å². The van der Waals surface area contributed by atoms with E-state index in [0.29, 0.717) is 38.0 Å². The number of hydrogen-bond acceptors (Lipinski definition) is 8. The van der Waals surface area contributed by atoms with Crippen LogP contribution in [0, 0.1) is 5.92 Å². The van der Waals surface area contributed by atoms with Crippen LogP contribution in [0.3, 0.4) is 0 Å². The number of hydrogen-bond donors (Lipinski definition) is 1. The van der Waals surface area contributed by atoms with Crippen molar-refractivity contribution in [3.63, 3.8) is 0 Å². The zero-order valence-electron chi connectivity index (χ0n) is 18.9. The molecule has 2 aromatic heterocycles. The first kappa shape index (κ1) is 21.7. The summed E-state index contributed by atoms with van der Waals surface area (Å²) in [6.07, 6.45) is 3.44. The molecular formula is C23H29N7O2. The van der Waals surface area contributed by atoms with Crippen LogP contribution in [0.25, 0.3) is 11.1 Å². The lowest BCUT2D eigenvalue weighted by Crippen LogP contribution is -2.48. The number of benzene rings is 1. The number of anilines is 2. The Bertz CT molecular complexity index is 1070. The predicted octanol–water partition coefficient (Wildman–Crippen LogP) is 2.74. The lowest BCUT2D eigenvalue weighted by molar-refractivity contribution is -0.129. The van der Waals surface area contributed by atoms with E-state index in [1.54, 1.807) is 19.3 Å². The van der Waals surface area contributed by atoms with Crippen LogP contribution in [-0.4, -0.2) is 57.1 Å². The summed E-state index contributed by atoms with van der Waals surface area (Å²) in [5.41, 5.74) is 8.18. The molecule has 3 aromatic rings. The van der Waals surface area contributed by atoms with Crippen molar-refractivity contribution in [1.82, 2.24) is 25.0 Å². The first-order valence-electron chi connectivity index (χ1n) is 10.8. The standard InChI is InChI=1S/C23H29N7O2/c1-15(2)23(4,19-7-5-17(6-8-19)18-13-25-21(24)26-14-18)20-27-22(32-28-20)30-11-9-29(10-12-30)16(3)31/h5-8,13-15H,9-12H2,1-4H3,(H2,24,25,26). The minimum absolute atomic E-state index is 0.0947. The molecule has 1 saturated heterocycles. The van der Waals surface area contributed by atoms with Gasteiger partial charge in [-0.15, -0.1) is 0 Å². The van der Waals surface area contributed by atoms with Crippen molar-refractivity contribution in [3.05, 3.63) is 48.0 Å². The zero-order chi connectivity index (χ0) is 22.9. The van der Waals surface area contributed by atoms with Crippen LogP contribution < -0.4 is 10.6 Å². The van der Waals surface area contributed by atoms with Gasteiger partial charge in [-0.3, -0.25) is 4.79 Å². The minimum atomic E-state index is -0.431. The molecule has 0 saturated carbocycles. The quantitative estimate of drug-likeness (QED) is 0.651. The van der Waals surface area contributed by atoms with Gasteiger partial charge in [-0.1, -0.05) is 43.3 Å². The van der Waals surface area contributed by atoms with Crippen molar-refractivity contribution in [2.45, 2.75) is 33.1 Å². The van der Waals surface area contributed by atoms with Gasteiger partial charge in [0.1, 0.15) is 0 Å². The minimum Gasteiger partial charge on any atom is -0.368 e. The Kier molecular flexibility index (Phi) is 5.82. The van der Waals surface area contributed by atoms with E-state index < -0.39 is 5.41 Å².